The highest BCUT2D eigenvalue weighted by molar-refractivity contribution is 9.10. The Morgan fingerprint density at radius 3 is 2.86 bits per heavy atom. The van der Waals surface area contributed by atoms with E-state index in [1.807, 2.05) is 0 Å². The molecule has 2 rings (SSSR count). The predicted octanol–water partition coefficient (Wildman–Crippen LogP) is 3.16. The van der Waals surface area contributed by atoms with Gasteiger partial charge in [-0.15, -0.1) is 0 Å². The molecule has 1 aromatic rings. The first-order valence-corrected chi connectivity index (χ1v) is 7.91. The SMILES string of the molecule is CC(NC(=O)N1CCCC(C(=O)O)C1)c1ccc(Br)cc1F. The maximum atomic E-state index is 13.9. The molecule has 1 heterocycles. The molecular formula is C15H18BrFN2O3. The molecule has 2 unspecified atom stereocenters. The van der Waals surface area contributed by atoms with Crippen LogP contribution < -0.4 is 5.32 Å². The Morgan fingerprint density at radius 2 is 2.23 bits per heavy atom. The summed E-state index contributed by atoms with van der Waals surface area (Å²) >= 11 is 3.19. The number of carboxylic acids is 1. The second-order valence-electron chi connectivity index (χ2n) is 5.46. The molecule has 0 bridgehead atoms. The Labute approximate surface area is 136 Å². The number of carbonyl (C=O) groups excluding carboxylic acids is 1. The van der Waals surface area contributed by atoms with Crippen LogP contribution in [0.2, 0.25) is 0 Å². The van der Waals surface area contributed by atoms with Crippen molar-refractivity contribution < 1.29 is 19.1 Å². The molecule has 22 heavy (non-hydrogen) atoms. The van der Waals surface area contributed by atoms with Gasteiger partial charge in [-0.3, -0.25) is 4.79 Å². The zero-order valence-electron chi connectivity index (χ0n) is 12.2. The van der Waals surface area contributed by atoms with Crippen molar-refractivity contribution >= 4 is 27.9 Å². The first-order valence-electron chi connectivity index (χ1n) is 7.11. The highest BCUT2D eigenvalue weighted by Crippen LogP contribution is 2.22. The van der Waals surface area contributed by atoms with Crippen molar-refractivity contribution in [2.75, 3.05) is 13.1 Å². The molecular weight excluding hydrogens is 355 g/mol. The van der Waals surface area contributed by atoms with Gasteiger partial charge in [-0.2, -0.15) is 0 Å². The number of hydrogen-bond donors (Lipinski definition) is 2. The van der Waals surface area contributed by atoms with E-state index in [4.69, 9.17) is 5.11 Å². The fourth-order valence-electron chi connectivity index (χ4n) is 2.57. The van der Waals surface area contributed by atoms with E-state index in [2.05, 4.69) is 21.2 Å². The number of benzene rings is 1. The Morgan fingerprint density at radius 1 is 1.50 bits per heavy atom. The van der Waals surface area contributed by atoms with Crippen LogP contribution in [-0.4, -0.2) is 35.1 Å². The predicted molar refractivity (Wildman–Crippen MR) is 83.0 cm³/mol. The molecule has 7 heteroatoms. The number of halogens is 2. The molecule has 0 aromatic heterocycles. The zero-order chi connectivity index (χ0) is 16.3. The van der Waals surface area contributed by atoms with Gasteiger partial charge < -0.3 is 15.3 Å². The summed E-state index contributed by atoms with van der Waals surface area (Å²) in [6.45, 7) is 2.41. The van der Waals surface area contributed by atoms with Crippen molar-refractivity contribution in [3.8, 4) is 0 Å². The van der Waals surface area contributed by atoms with E-state index in [0.29, 0.717) is 29.4 Å². The number of hydrogen-bond acceptors (Lipinski definition) is 2. The van der Waals surface area contributed by atoms with Gasteiger partial charge in [0.25, 0.3) is 0 Å². The van der Waals surface area contributed by atoms with Crippen LogP contribution in [0.5, 0.6) is 0 Å². The zero-order valence-corrected chi connectivity index (χ0v) is 13.8. The number of urea groups is 1. The molecule has 1 aliphatic heterocycles. The van der Waals surface area contributed by atoms with Crippen LogP contribution in [0, 0.1) is 11.7 Å². The lowest BCUT2D eigenvalue weighted by atomic mass is 9.98. The first-order chi connectivity index (χ1) is 10.4. The van der Waals surface area contributed by atoms with E-state index < -0.39 is 23.7 Å². The minimum atomic E-state index is -0.885. The maximum Gasteiger partial charge on any atom is 0.317 e. The van der Waals surface area contributed by atoms with Gasteiger partial charge in [0.2, 0.25) is 0 Å². The average molecular weight is 373 g/mol. The maximum absolute atomic E-state index is 13.9. The van der Waals surface area contributed by atoms with Crippen molar-refractivity contribution in [2.45, 2.75) is 25.8 Å². The molecule has 1 aliphatic rings. The molecule has 2 amide bonds. The van der Waals surface area contributed by atoms with Crippen LogP contribution in [0.15, 0.2) is 22.7 Å². The Hall–Kier alpha value is -1.63. The lowest BCUT2D eigenvalue weighted by molar-refractivity contribution is -0.143. The largest absolute Gasteiger partial charge is 0.481 e. The number of nitrogens with one attached hydrogen (secondary N) is 1. The van der Waals surface area contributed by atoms with Crippen LogP contribution in [-0.2, 0) is 4.79 Å². The second kappa shape index (κ2) is 7.09. The summed E-state index contributed by atoms with van der Waals surface area (Å²) in [6.07, 6.45) is 1.24. The molecule has 2 N–H and O–H groups in total. The van der Waals surface area contributed by atoms with E-state index in [9.17, 15) is 14.0 Å². The summed E-state index contributed by atoms with van der Waals surface area (Å²) in [5.74, 6) is -1.81. The molecule has 2 atom stereocenters. The van der Waals surface area contributed by atoms with Crippen molar-refractivity contribution in [1.29, 1.82) is 0 Å². The molecule has 0 spiro atoms. The number of carbonyl (C=O) groups is 2. The third-order valence-corrected chi connectivity index (χ3v) is 4.32. The molecule has 0 saturated carbocycles. The fraction of sp³-hybridized carbons (Fsp3) is 0.467. The van der Waals surface area contributed by atoms with Crippen LogP contribution in [0.1, 0.15) is 31.4 Å². The molecule has 0 radical (unpaired) electrons. The van der Waals surface area contributed by atoms with Crippen LogP contribution in [0.4, 0.5) is 9.18 Å². The van der Waals surface area contributed by atoms with Crippen molar-refractivity contribution in [1.82, 2.24) is 10.2 Å². The minimum absolute atomic E-state index is 0.191. The van der Waals surface area contributed by atoms with E-state index >= 15 is 0 Å². The summed E-state index contributed by atoms with van der Waals surface area (Å²) in [5.41, 5.74) is 0.392. The smallest absolute Gasteiger partial charge is 0.317 e. The average Bonchev–Trinajstić information content (AvgIpc) is 2.47. The van der Waals surface area contributed by atoms with Crippen LogP contribution in [0.3, 0.4) is 0 Å². The van der Waals surface area contributed by atoms with Gasteiger partial charge in [0.05, 0.1) is 12.0 Å². The van der Waals surface area contributed by atoms with Crippen LogP contribution in [0.25, 0.3) is 0 Å². The molecule has 1 aromatic carbocycles. The monoisotopic (exact) mass is 372 g/mol. The lowest BCUT2D eigenvalue weighted by Gasteiger charge is -2.31. The third kappa shape index (κ3) is 3.97. The number of carboxylic acid groups (broad SMARTS) is 1. The van der Waals surface area contributed by atoms with E-state index in [-0.39, 0.29) is 12.6 Å². The summed E-state index contributed by atoms with van der Waals surface area (Å²) in [6, 6.07) is 3.81. The van der Waals surface area contributed by atoms with Crippen molar-refractivity contribution in [3.63, 3.8) is 0 Å². The molecule has 120 valence electrons. The summed E-state index contributed by atoms with van der Waals surface area (Å²) in [4.78, 5) is 24.7. The third-order valence-electron chi connectivity index (χ3n) is 3.83. The molecule has 0 aliphatic carbocycles. The Balaban J connectivity index is 2.00. The van der Waals surface area contributed by atoms with Gasteiger partial charge in [-0.1, -0.05) is 22.0 Å². The number of nitrogens with zero attached hydrogens (tertiary/aromatic N) is 1. The van der Waals surface area contributed by atoms with Gasteiger partial charge in [0.15, 0.2) is 0 Å². The highest BCUT2D eigenvalue weighted by atomic mass is 79.9. The number of aliphatic carboxylic acids is 1. The summed E-state index contributed by atoms with van der Waals surface area (Å²) in [5, 5.41) is 11.8. The standard InChI is InChI=1S/C15H18BrFN2O3/c1-9(12-5-4-11(16)7-13(12)17)18-15(22)19-6-2-3-10(8-19)14(20)21/h4-5,7,9-10H,2-3,6,8H2,1H3,(H,18,22)(H,20,21). The van der Waals surface area contributed by atoms with Crippen LogP contribution >= 0.6 is 15.9 Å². The quantitative estimate of drug-likeness (QED) is 0.855. The van der Waals surface area contributed by atoms with Gasteiger partial charge >= 0.3 is 12.0 Å². The summed E-state index contributed by atoms with van der Waals surface area (Å²) < 4.78 is 14.5. The van der Waals surface area contributed by atoms with E-state index in [0.717, 1.165) is 0 Å². The van der Waals surface area contributed by atoms with Gasteiger partial charge in [0.1, 0.15) is 5.82 Å². The highest BCUT2D eigenvalue weighted by Gasteiger charge is 2.28. The fourth-order valence-corrected chi connectivity index (χ4v) is 2.90. The normalized spacial score (nSPS) is 19.6. The lowest BCUT2D eigenvalue weighted by Crippen LogP contribution is -2.47. The van der Waals surface area contributed by atoms with Gasteiger partial charge in [-0.25, -0.2) is 9.18 Å². The number of amides is 2. The topological polar surface area (TPSA) is 69.6 Å². The Bertz CT molecular complexity index is 582. The van der Waals surface area contributed by atoms with E-state index in [1.165, 1.54) is 11.0 Å². The number of rotatable bonds is 3. The van der Waals surface area contributed by atoms with Gasteiger partial charge in [-0.05, 0) is 31.9 Å². The number of likely N-dealkylation sites (tertiary alicyclic amines) is 1. The molecule has 1 saturated heterocycles. The van der Waals surface area contributed by atoms with Gasteiger partial charge in [0, 0.05) is 23.1 Å². The minimum Gasteiger partial charge on any atom is -0.481 e. The van der Waals surface area contributed by atoms with Crippen molar-refractivity contribution in [3.05, 3.63) is 34.1 Å². The molecule has 1 fully saturated rings. The Kier molecular flexibility index (Phi) is 5.39. The number of piperidine rings is 1. The second-order valence-corrected chi connectivity index (χ2v) is 6.38. The first kappa shape index (κ1) is 16.7. The van der Waals surface area contributed by atoms with Crippen molar-refractivity contribution in [2.24, 2.45) is 5.92 Å². The summed E-state index contributed by atoms with van der Waals surface area (Å²) in [7, 11) is 0. The van der Waals surface area contributed by atoms with E-state index in [1.54, 1.807) is 19.1 Å². The molecule has 5 nitrogen and oxygen atoms in total.